The number of hydrogen-bond donors (Lipinski definition) is 1. The Bertz CT molecular complexity index is 136. The van der Waals surface area contributed by atoms with E-state index in [2.05, 4.69) is 5.32 Å². The third-order valence-electron chi connectivity index (χ3n) is 1.23. The van der Waals surface area contributed by atoms with Crippen LogP contribution in [0.4, 0.5) is 4.79 Å². The van der Waals surface area contributed by atoms with Crippen LogP contribution in [0.5, 0.6) is 0 Å². The maximum absolute atomic E-state index is 10.7. The van der Waals surface area contributed by atoms with Gasteiger partial charge in [0.1, 0.15) is 0 Å². The fraction of sp³-hybridized carbons (Fsp3) is 0.750. The van der Waals surface area contributed by atoms with Crippen molar-refractivity contribution in [1.82, 2.24) is 5.32 Å². The van der Waals surface area contributed by atoms with Crippen LogP contribution in [0, 0.1) is 0 Å². The molecule has 1 N–H and O–H groups in total. The van der Waals surface area contributed by atoms with Crippen molar-refractivity contribution in [3.05, 3.63) is 0 Å². The lowest BCUT2D eigenvalue weighted by Crippen LogP contribution is -2.25. The lowest BCUT2D eigenvalue weighted by molar-refractivity contribution is 0.145. The van der Waals surface area contributed by atoms with E-state index in [9.17, 15) is 9.59 Å². The fourth-order valence-electron chi connectivity index (χ4n) is 0.576. The average molecular weight is 172 g/mol. The number of carbonyl (C=O) groups is 1. The molecule has 0 saturated heterocycles. The Labute approximate surface area is 72.3 Å². The van der Waals surface area contributed by atoms with Crippen LogP contribution in [-0.2, 0) is 9.53 Å². The van der Waals surface area contributed by atoms with E-state index in [1.54, 1.807) is 6.29 Å². The molecular weight excluding hydrogens is 158 g/mol. The highest BCUT2D eigenvalue weighted by Gasteiger charge is 1.98. The van der Waals surface area contributed by atoms with Gasteiger partial charge in [0.25, 0.3) is 0 Å². The molecule has 4 nitrogen and oxygen atoms in total. The molecule has 0 aromatic heterocycles. The highest BCUT2D eigenvalue weighted by atomic mass is 16.5. The zero-order valence-electron chi connectivity index (χ0n) is 7.26. The minimum atomic E-state index is -0.460. The first kappa shape index (κ1) is 10.9. The summed E-state index contributed by atoms with van der Waals surface area (Å²) in [7, 11) is 0. The topological polar surface area (TPSA) is 55.4 Å². The van der Waals surface area contributed by atoms with Crippen molar-refractivity contribution in [2.45, 2.75) is 26.2 Å². The lowest BCUT2D eigenvalue weighted by Gasteiger charge is -2.03. The molecule has 0 rings (SSSR count). The maximum Gasteiger partial charge on any atom is 0.407 e. The molecular formula is C8H14NO3. The van der Waals surface area contributed by atoms with Crippen LogP contribution in [0.2, 0.25) is 0 Å². The standard InChI is InChI=1S/C8H14NO3/c1-2-3-7-12-8(11)9-5-4-6-10/h2-5,7H2,1H3,(H,9,11). The second-order valence-electron chi connectivity index (χ2n) is 2.31. The van der Waals surface area contributed by atoms with Crippen LogP contribution in [0.15, 0.2) is 0 Å². The largest absolute Gasteiger partial charge is 0.450 e. The summed E-state index contributed by atoms with van der Waals surface area (Å²) in [6.45, 7) is 2.75. The SMILES string of the molecule is CCCCOC(=O)NCC[C]=O. The first-order chi connectivity index (χ1) is 5.81. The quantitative estimate of drug-likeness (QED) is 0.608. The smallest absolute Gasteiger partial charge is 0.407 e. The van der Waals surface area contributed by atoms with Gasteiger partial charge in [-0.3, -0.25) is 4.79 Å². The van der Waals surface area contributed by atoms with Gasteiger partial charge in [-0.05, 0) is 6.42 Å². The molecule has 0 atom stereocenters. The lowest BCUT2D eigenvalue weighted by atomic mass is 10.4. The Kier molecular flexibility index (Phi) is 7.33. The van der Waals surface area contributed by atoms with Gasteiger partial charge >= 0.3 is 6.09 Å². The van der Waals surface area contributed by atoms with Crippen LogP contribution in [-0.4, -0.2) is 25.5 Å². The van der Waals surface area contributed by atoms with Crippen LogP contribution in [0.1, 0.15) is 26.2 Å². The van der Waals surface area contributed by atoms with E-state index in [4.69, 9.17) is 4.74 Å². The van der Waals surface area contributed by atoms with Gasteiger partial charge in [-0.15, -0.1) is 0 Å². The van der Waals surface area contributed by atoms with Crippen molar-refractivity contribution in [3.63, 3.8) is 0 Å². The van der Waals surface area contributed by atoms with Gasteiger partial charge in [0.15, 0.2) is 6.29 Å². The molecule has 1 amide bonds. The molecule has 4 heteroatoms. The third-order valence-corrected chi connectivity index (χ3v) is 1.23. The molecule has 12 heavy (non-hydrogen) atoms. The number of amides is 1. The minimum Gasteiger partial charge on any atom is -0.450 e. The zero-order valence-corrected chi connectivity index (χ0v) is 7.26. The second-order valence-corrected chi connectivity index (χ2v) is 2.31. The number of rotatable bonds is 6. The molecule has 0 aromatic carbocycles. The van der Waals surface area contributed by atoms with Gasteiger partial charge in [0.05, 0.1) is 6.61 Å². The van der Waals surface area contributed by atoms with Gasteiger partial charge in [0, 0.05) is 13.0 Å². The molecule has 0 bridgehead atoms. The van der Waals surface area contributed by atoms with Gasteiger partial charge in [-0.1, -0.05) is 13.3 Å². The van der Waals surface area contributed by atoms with Crippen LogP contribution in [0.25, 0.3) is 0 Å². The summed E-state index contributed by atoms with van der Waals surface area (Å²) in [4.78, 5) is 20.5. The van der Waals surface area contributed by atoms with Crippen molar-refractivity contribution in [3.8, 4) is 0 Å². The summed E-state index contributed by atoms with van der Waals surface area (Å²) >= 11 is 0. The molecule has 0 aliphatic carbocycles. The Morgan fingerprint density at radius 3 is 2.92 bits per heavy atom. The molecule has 0 aliphatic rings. The zero-order chi connectivity index (χ0) is 9.23. The van der Waals surface area contributed by atoms with Crippen molar-refractivity contribution in [2.75, 3.05) is 13.2 Å². The number of alkyl carbamates (subject to hydrolysis) is 1. The van der Waals surface area contributed by atoms with Crippen LogP contribution in [0.3, 0.4) is 0 Å². The monoisotopic (exact) mass is 172 g/mol. The molecule has 0 fully saturated rings. The predicted molar refractivity (Wildman–Crippen MR) is 44.6 cm³/mol. The molecule has 0 aromatic rings. The predicted octanol–water partition coefficient (Wildman–Crippen LogP) is 1.01. The second kappa shape index (κ2) is 8.04. The molecule has 0 unspecified atom stereocenters. The Hall–Kier alpha value is -1.06. The summed E-state index contributed by atoms with van der Waals surface area (Å²) in [5.41, 5.74) is 0. The van der Waals surface area contributed by atoms with Crippen molar-refractivity contribution >= 4 is 12.4 Å². The first-order valence-corrected chi connectivity index (χ1v) is 4.07. The maximum atomic E-state index is 10.7. The fourth-order valence-corrected chi connectivity index (χ4v) is 0.576. The van der Waals surface area contributed by atoms with Crippen LogP contribution >= 0.6 is 0 Å². The highest BCUT2D eigenvalue weighted by molar-refractivity contribution is 5.67. The Balaban J connectivity index is 3.15. The van der Waals surface area contributed by atoms with Crippen molar-refractivity contribution < 1.29 is 14.3 Å². The first-order valence-electron chi connectivity index (χ1n) is 4.07. The summed E-state index contributed by atoms with van der Waals surface area (Å²) in [6, 6.07) is 0. The summed E-state index contributed by atoms with van der Waals surface area (Å²) in [5.74, 6) is 0. The van der Waals surface area contributed by atoms with Crippen LogP contribution < -0.4 is 5.32 Å². The summed E-state index contributed by atoms with van der Waals surface area (Å²) in [6.07, 6.45) is 3.29. The summed E-state index contributed by atoms with van der Waals surface area (Å²) < 4.78 is 4.75. The van der Waals surface area contributed by atoms with Gasteiger partial charge < -0.3 is 10.1 Å². The third kappa shape index (κ3) is 7.05. The van der Waals surface area contributed by atoms with E-state index in [0.29, 0.717) is 13.2 Å². The molecule has 0 aliphatic heterocycles. The number of carbonyl (C=O) groups excluding carboxylic acids is 2. The molecule has 1 radical (unpaired) electrons. The molecule has 0 heterocycles. The van der Waals surface area contributed by atoms with Crippen molar-refractivity contribution in [1.29, 1.82) is 0 Å². The van der Waals surface area contributed by atoms with E-state index >= 15 is 0 Å². The van der Waals surface area contributed by atoms with E-state index in [-0.39, 0.29) is 6.42 Å². The normalized spacial score (nSPS) is 9.08. The Morgan fingerprint density at radius 2 is 2.33 bits per heavy atom. The van der Waals surface area contributed by atoms with Gasteiger partial charge in [-0.25, -0.2) is 4.79 Å². The number of unbranched alkanes of at least 4 members (excludes halogenated alkanes) is 1. The van der Waals surface area contributed by atoms with Crippen molar-refractivity contribution in [2.24, 2.45) is 0 Å². The Morgan fingerprint density at radius 1 is 1.58 bits per heavy atom. The molecule has 0 saturated carbocycles. The molecule has 0 spiro atoms. The number of hydrogen-bond acceptors (Lipinski definition) is 3. The highest BCUT2D eigenvalue weighted by Crippen LogP contribution is 1.87. The summed E-state index contributed by atoms with van der Waals surface area (Å²) in [5, 5.41) is 2.42. The van der Waals surface area contributed by atoms with E-state index in [1.165, 1.54) is 0 Å². The number of nitrogens with one attached hydrogen (secondary N) is 1. The van der Waals surface area contributed by atoms with Gasteiger partial charge in [0.2, 0.25) is 0 Å². The number of ether oxygens (including phenoxy) is 1. The van der Waals surface area contributed by atoms with E-state index in [1.807, 2.05) is 6.92 Å². The molecule has 69 valence electrons. The van der Waals surface area contributed by atoms with E-state index in [0.717, 1.165) is 12.8 Å². The average Bonchev–Trinajstić information content (AvgIpc) is 2.06. The minimum absolute atomic E-state index is 0.211. The van der Waals surface area contributed by atoms with E-state index < -0.39 is 6.09 Å². The van der Waals surface area contributed by atoms with Gasteiger partial charge in [-0.2, -0.15) is 0 Å².